The van der Waals surface area contributed by atoms with E-state index in [2.05, 4.69) is 13.8 Å². The third-order valence-electron chi connectivity index (χ3n) is 4.44. The number of carbonyl (C=O) groups excluding carboxylic acids is 1. The Morgan fingerprint density at radius 2 is 1.20 bits per heavy atom. The van der Waals surface area contributed by atoms with Gasteiger partial charge in [-0.2, -0.15) is 4.89 Å². The SMILES string of the molecule is CCCCCCCCCCCCOC(=O)OOC(C)(C)CCCCC. The summed E-state index contributed by atoms with van der Waals surface area (Å²) in [5.74, 6) is 0. The molecule has 0 aliphatic rings. The Kier molecular flexibility index (Phi) is 16.2. The van der Waals surface area contributed by atoms with Crippen molar-refractivity contribution in [3.8, 4) is 0 Å². The van der Waals surface area contributed by atoms with E-state index in [4.69, 9.17) is 14.5 Å². The third kappa shape index (κ3) is 17.8. The minimum Gasteiger partial charge on any atom is -0.432 e. The second-order valence-electron chi connectivity index (χ2n) is 7.66. The van der Waals surface area contributed by atoms with Gasteiger partial charge in [0.15, 0.2) is 0 Å². The smallest absolute Gasteiger partial charge is 0.432 e. The van der Waals surface area contributed by atoms with E-state index < -0.39 is 11.8 Å². The molecule has 4 heteroatoms. The Morgan fingerprint density at radius 1 is 0.720 bits per heavy atom. The second kappa shape index (κ2) is 16.7. The van der Waals surface area contributed by atoms with Crippen LogP contribution >= 0.6 is 0 Å². The van der Waals surface area contributed by atoms with Crippen molar-refractivity contribution in [3.63, 3.8) is 0 Å². The maximum absolute atomic E-state index is 11.5. The number of hydrogen-bond acceptors (Lipinski definition) is 4. The van der Waals surface area contributed by atoms with Crippen LogP contribution in [0.15, 0.2) is 0 Å². The molecular weight excluding hydrogens is 316 g/mol. The first-order valence-corrected chi connectivity index (χ1v) is 10.5. The van der Waals surface area contributed by atoms with Crippen LogP contribution in [0.2, 0.25) is 0 Å². The average molecular weight is 359 g/mol. The molecule has 4 nitrogen and oxygen atoms in total. The van der Waals surface area contributed by atoms with Crippen LogP contribution in [0.25, 0.3) is 0 Å². The third-order valence-corrected chi connectivity index (χ3v) is 4.44. The molecule has 25 heavy (non-hydrogen) atoms. The molecular formula is C21H42O4. The van der Waals surface area contributed by atoms with Gasteiger partial charge in [-0.3, -0.25) is 4.89 Å². The lowest BCUT2D eigenvalue weighted by Gasteiger charge is -2.22. The first kappa shape index (κ1) is 24.2. The molecule has 0 aromatic heterocycles. The summed E-state index contributed by atoms with van der Waals surface area (Å²) in [6.45, 7) is 8.68. The Hall–Kier alpha value is -0.770. The second-order valence-corrected chi connectivity index (χ2v) is 7.66. The van der Waals surface area contributed by atoms with E-state index in [1.807, 2.05) is 13.8 Å². The van der Waals surface area contributed by atoms with E-state index in [0.29, 0.717) is 6.61 Å². The molecule has 0 amide bonds. The molecule has 0 bridgehead atoms. The van der Waals surface area contributed by atoms with Gasteiger partial charge in [-0.1, -0.05) is 90.9 Å². The lowest BCUT2D eigenvalue weighted by atomic mass is 10.0. The number of unbranched alkanes of at least 4 members (excludes halogenated alkanes) is 11. The zero-order chi connectivity index (χ0) is 18.8. The van der Waals surface area contributed by atoms with E-state index in [-0.39, 0.29) is 0 Å². The van der Waals surface area contributed by atoms with Crippen molar-refractivity contribution in [2.24, 2.45) is 0 Å². The Morgan fingerprint density at radius 3 is 1.76 bits per heavy atom. The summed E-state index contributed by atoms with van der Waals surface area (Å²) >= 11 is 0. The Labute approximate surface area is 155 Å². The molecule has 0 N–H and O–H groups in total. The maximum atomic E-state index is 11.5. The first-order chi connectivity index (χ1) is 12.0. The first-order valence-electron chi connectivity index (χ1n) is 10.5. The Bertz CT molecular complexity index is 302. The predicted octanol–water partition coefficient (Wildman–Crippen LogP) is 7.35. The van der Waals surface area contributed by atoms with Gasteiger partial charge in [0.1, 0.15) is 5.60 Å². The molecule has 0 atom stereocenters. The van der Waals surface area contributed by atoms with E-state index in [1.54, 1.807) is 0 Å². The zero-order valence-electron chi connectivity index (χ0n) is 17.2. The van der Waals surface area contributed by atoms with Gasteiger partial charge in [0.2, 0.25) is 0 Å². The summed E-state index contributed by atoms with van der Waals surface area (Å²) in [5, 5.41) is 0. The van der Waals surface area contributed by atoms with Crippen molar-refractivity contribution in [3.05, 3.63) is 0 Å². The summed E-state index contributed by atoms with van der Waals surface area (Å²) in [6.07, 6.45) is 16.1. The molecule has 0 heterocycles. The van der Waals surface area contributed by atoms with Gasteiger partial charge in [-0.05, 0) is 26.7 Å². The normalized spacial score (nSPS) is 11.5. The lowest BCUT2D eigenvalue weighted by Crippen LogP contribution is -2.26. The summed E-state index contributed by atoms with van der Waals surface area (Å²) in [4.78, 5) is 21.5. The monoisotopic (exact) mass is 358 g/mol. The number of hydrogen-bond donors (Lipinski definition) is 0. The van der Waals surface area contributed by atoms with Crippen LogP contribution in [0.3, 0.4) is 0 Å². The molecule has 0 aromatic rings. The zero-order valence-corrected chi connectivity index (χ0v) is 17.2. The quantitative estimate of drug-likeness (QED) is 0.118. The fourth-order valence-corrected chi connectivity index (χ4v) is 2.76. The molecule has 0 saturated heterocycles. The average Bonchev–Trinajstić information content (AvgIpc) is 2.58. The van der Waals surface area contributed by atoms with Gasteiger partial charge in [0.25, 0.3) is 0 Å². The van der Waals surface area contributed by atoms with Gasteiger partial charge in [0.05, 0.1) is 6.61 Å². The minimum atomic E-state index is -0.723. The highest BCUT2D eigenvalue weighted by Gasteiger charge is 2.22. The topological polar surface area (TPSA) is 44.8 Å². The molecule has 0 saturated carbocycles. The van der Waals surface area contributed by atoms with Crippen molar-refractivity contribution < 1.29 is 19.3 Å². The standard InChI is InChI=1S/C21H42O4/c1-5-7-9-10-11-12-13-14-15-17-19-23-20(22)24-25-21(3,4)18-16-8-6-2/h5-19H2,1-4H3. The van der Waals surface area contributed by atoms with Crippen LogP contribution in [0.4, 0.5) is 4.79 Å². The molecule has 0 fully saturated rings. The number of rotatable bonds is 17. The van der Waals surface area contributed by atoms with Gasteiger partial charge in [0, 0.05) is 0 Å². The fourth-order valence-electron chi connectivity index (χ4n) is 2.76. The van der Waals surface area contributed by atoms with Gasteiger partial charge in [-0.25, -0.2) is 4.79 Å². The van der Waals surface area contributed by atoms with Crippen molar-refractivity contribution in [2.45, 2.75) is 123 Å². The highest BCUT2D eigenvalue weighted by atomic mass is 17.2. The van der Waals surface area contributed by atoms with E-state index in [9.17, 15) is 4.79 Å². The van der Waals surface area contributed by atoms with Gasteiger partial charge in [-0.15, -0.1) is 0 Å². The van der Waals surface area contributed by atoms with Crippen molar-refractivity contribution >= 4 is 6.16 Å². The van der Waals surface area contributed by atoms with Crippen LogP contribution in [-0.4, -0.2) is 18.4 Å². The Balaban J connectivity index is 3.40. The molecule has 0 spiro atoms. The summed E-state index contributed by atoms with van der Waals surface area (Å²) < 4.78 is 5.05. The summed E-state index contributed by atoms with van der Waals surface area (Å²) in [5.41, 5.74) is -0.453. The number of carbonyl (C=O) groups is 1. The minimum absolute atomic E-state index is 0.412. The molecule has 0 unspecified atom stereocenters. The van der Waals surface area contributed by atoms with Crippen molar-refractivity contribution in [2.75, 3.05) is 6.61 Å². The molecule has 150 valence electrons. The van der Waals surface area contributed by atoms with Crippen LogP contribution < -0.4 is 0 Å². The summed E-state index contributed by atoms with van der Waals surface area (Å²) in [7, 11) is 0. The largest absolute Gasteiger partial charge is 0.540 e. The molecule has 0 rings (SSSR count). The molecule has 0 aliphatic carbocycles. The molecule has 0 radical (unpaired) electrons. The lowest BCUT2D eigenvalue weighted by molar-refractivity contribution is -0.318. The van der Waals surface area contributed by atoms with Crippen LogP contribution in [0.5, 0.6) is 0 Å². The summed E-state index contributed by atoms with van der Waals surface area (Å²) in [6, 6.07) is 0. The highest BCUT2D eigenvalue weighted by Crippen LogP contribution is 2.19. The van der Waals surface area contributed by atoms with Crippen LogP contribution in [0, 0.1) is 0 Å². The van der Waals surface area contributed by atoms with E-state index >= 15 is 0 Å². The van der Waals surface area contributed by atoms with Gasteiger partial charge < -0.3 is 4.74 Å². The van der Waals surface area contributed by atoms with Gasteiger partial charge >= 0.3 is 6.16 Å². The van der Waals surface area contributed by atoms with Crippen molar-refractivity contribution in [1.82, 2.24) is 0 Å². The number of ether oxygens (including phenoxy) is 1. The van der Waals surface area contributed by atoms with Crippen LogP contribution in [-0.2, 0) is 14.5 Å². The molecule has 0 aromatic carbocycles. The van der Waals surface area contributed by atoms with E-state index in [0.717, 1.165) is 38.5 Å². The van der Waals surface area contributed by atoms with E-state index in [1.165, 1.54) is 51.4 Å². The van der Waals surface area contributed by atoms with Crippen molar-refractivity contribution in [1.29, 1.82) is 0 Å². The fraction of sp³-hybridized carbons (Fsp3) is 0.952. The van der Waals surface area contributed by atoms with Crippen LogP contribution in [0.1, 0.15) is 118 Å². The molecule has 0 aliphatic heterocycles. The highest BCUT2D eigenvalue weighted by molar-refractivity contribution is 5.58. The predicted molar refractivity (Wildman–Crippen MR) is 104 cm³/mol. The maximum Gasteiger partial charge on any atom is 0.540 e.